The number of benzene rings is 1. The Morgan fingerprint density at radius 1 is 1.42 bits per heavy atom. The van der Waals surface area contributed by atoms with Gasteiger partial charge in [0.25, 0.3) is 0 Å². The van der Waals surface area contributed by atoms with Crippen molar-refractivity contribution in [2.45, 2.75) is 13.5 Å². The number of hydrogen-bond donors (Lipinski definition) is 2. The van der Waals surface area contributed by atoms with Crippen LogP contribution in [0.4, 0.5) is 4.39 Å². The molecule has 0 aliphatic rings. The molecule has 0 spiro atoms. The molecule has 1 heterocycles. The van der Waals surface area contributed by atoms with Gasteiger partial charge in [-0.05, 0) is 37.3 Å². The SMILES string of the molecule is Cc1oc(C(=O)NN)cc1COc1ccc(F)cc1. The molecular formula is C13H13FN2O3. The highest BCUT2D eigenvalue weighted by Gasteiger charge is 2.13. The zero-order chi connectivity index (χ0) is 13.8. The summed E-state index contributed by atoms with van der Waals surface area (Å²) in [4.78, 5) is 11.3. The molecule has 6 heteroatoms. The first-order valence-electron chi connectivity index (χ1n) is 5.59. The van der Waals surface area contributed by atoms with E-state index < -0.39 is 5.91 Å². The molecule has 19 heavy (non-hydrogen) atoms. The summed E-state index contributed by atoms with van der Waals surface area (Å²) in [6, 6.07) is 7.23. The molecule has 0 aliphatic heterocycles. The number of ether oxygens (including phenoxy) is 1. The Balaban J connectivity index is 2.05. The van der Waals surface area contributed by atoms with Gasteiger partial charge < -0.3 is 9.15 Å². The number of nitrogens with two attached hydrogens (primary N) is 1. The Labute approximate surface area is 109 Å². The summed E-state index contributed by atoms with van der Waals surface area (Å²) in [5.41, 5.74) is 2.71. The van der Waals surface area contributed by atoms with Crippen LogP contribution >= 0.6 is 0 Å². The van der Waals surface area contributed by atoms with Gasteiger partial charge in [-0.15, -0.1) is 0 Å². The first-order chi connectivity index (χ1) is 9.10. The number of furan rings is 1. The van der Waals surface area contributed by atoms with Gasteiger partial charge in [0.15, 0.2) is 5.76 Å². The van der Waals surface area contributed by atoms with Crippen LogP contribution in [0.25, 0.3) is 0 Å². The molecule has 1 aromatic heterocycles. The molecule has 0 bridgehead atoms. The third-order valence-corrected chi connectivity index (χ3v) is 2.58. The Hall–Kier alpha value is -2.34. The molecule has 5 nitrogen and oxygen atoms in total. The quantitative estimate of drug-likeness (QED) is 0.502. The van der Waals surface area contributed by atoms with Gasteiger partial charge in [-0.25, -0.2) is 10.2 Å². The van der Waals surface area contributed by atoms with Crippen molar-refractivity contribution in [2.75, 3.05) is 0 Å². The van der Waals surface area contributed by atoms with Crippen LogP contribution in [0.5, 0.6) is 5.75 Å². The predicted molar refractivity (Wildman–Crippen MR) is 65.8 cm³/mol. The Bertz CT molecular complexity index is 578. The number of carbonyl (C=O) groups is 1. The lowest BCUT2D eigenvalue weighted by Crippen LogP contribution is -2.29. The number of carbonyl (C=O) groups excluding carboxylic acids is 1. The number of hydrogen-bond acceptors (Lipinski definition) is 4. The van der Waals surface area contributed by atoms with E-state index in [4.69, 9.17) is 15.0 Å². The van der Waals surface area contributed by atoms with Gasteiger partial charge >= 0.3 is 5.91 Å². The number of amides is 1. The summed E-state index contributed by atoms with van der Waals surface area (Å²) in [5.74, 6) is 5.41. The van der Waals surface area contributed by atoms with Crippen LogP contribution in [0.15, 0.2) is 34.7 Å². The van der Waals surface area contributed by atoms with Crippen molar-refractivity contribution in [1.29, 1.82) is 0 Å². The van der Waals surface area contributed by atoms with Gasteiger partial charge in [-0.1, -0.05) is 0 Å². The van der Waals surface area contributed by atoms with E-state index in [0.29, 0.717) is 11.5 Å². The monoisotopic (exact) mass is 264 g/mol. The maximum atomic E-state index is 12.7. The normalized spacial score (nSPS) is 10.3. The fourth-order valence-electron chi connectivity index (χ4n) is 1.54. The van der Waals surface area contributed by atoms with Gasteiger partial charge in [-0.3, -0.25) is 10.2 Å². The smallest absolute Gasteiger partial charge is 0.300 e. The number of nitrogens with one attached hydrogen (secondary N) is 1. The summed E-state index contributed by atoms with van der Waals surface area (Å²) in [7, 11) is 0. The Morgan fingerprint density at radius 2 is 2.11 bits per heavy atom. The fourth-order valence-corrected chi connectivity index (χ4v) is 1.54. The third kappa shape index (κ3) is 3.11. The fraction of sp³-hybridized carbons (Fsp3) is 0.154. The number of nitrogen functional groups attached to an aromatic ring is 1. The van der Waals surface area contributed by atoms with Crippen molar-refractivity contribution in [3.05, 3.63) is 53.2 Å². The van der Waals surface area contributed by atoms with Crippen molar-refractivity contribution in [1.82, 2.24) is 5.43 Å². The zero-order valence-electron chi connectivity index (χ0n) is 10.3. The summed E-state index contributed by atoms with van der Waals surface area (Å²) < 4.78 is 23.4. The van der Waals surface area contributed by atoms with Crippen molar-refractivity contribution in [3.63, 3.8) is 0 Å². The van der Waals surface area contributed by atoms with Crippen LogP contribution in [0.2, 0.25) is 0 Å². The maximum Gasteiger partial charge on any atom is 0.300 e. The van der Waals surface area contributed by atoms with Crippen LogP contribution < -0.4 is 16.0 Å². The molecule has 0 saturated carbocycles. The van der Waals surface area contributed by atoms with E-state index in [1.54, 1.807) is 13.0 Å². The number of hydrazine groups is 1. The minimum absolute atomic E-state index is 0.123. The second-order valence-electron chi connectivity index (χ2n) is 3.91. The van der Waals surface area contributed by atoms with Crippen LogP contribution in [0, 0.1) is 12.7 Å². The molecule has 1 aromatic carbocycles. The van der Waals surface area contributed by atoms with E-state index in [2.05, 4.69) is 0 Å². The highest BCUT2D eigenvalue weighted by Crippen LogP contribution is 2.18. The van der Waals surface area contributed by atoms with Gasteiger partial charge in [0.05, 0.1) is 0 Å². The molecule has 0 fully saturated rings. The number of aryl methyl sites for hydroxylation is 1. The molecule has 0 aliphatic carbocycles. The molecule has 100 valence electrons. The van der Waals surface area contributed by atoms with Crippen LogP contribution in [0.1, 0.15) is 21.9 Å². The summed E-state index contributed by atoms with van der Waals surface area (Å²) in [6.45, 7) is 1.94. The van der Waals surface area contributed by atoms with Gasteiger partial charge in [-0.2, -0.15) is 0 Å². The van der Waals surface area contributed by atoms with E-state index in [-0.39, 0.29) is 18.2 Å². The lowest BCUT2D eigenvalue weighted by atomic mass is 10.2. The minimum Gasteiger partial charge on any atom is -0.489 e. The van der Waals surface area contributed by atoms with Crippen molar-refractivity contribution >= 4 is 5.91 Å². The third-order valence-electron chi connectivity index (χ3n) is 2.58. The van der Waals surface area contributed by atoms with E-state index in [1.807, 2.05) is 5.43 Å². The molecule has 0 radical (unpaired) electrons. The second kappa shape index (κ2) is 5.53. The van der Waals surface area contributed by atoms with E-state index in [0.717, 1.165) is 5.56 Å². The lowest BCUT2D eigenvalue weighted by Gasteiger charge is -2.04. The van der Waals surface area contributed by atoms with Gasteiger partial charge in [0, 0.05) is 5.56 Å². The minimum atomic E-state index is -0.504. The molecule has 0 saturated heterocycles. The van der Waals surface area contributed by atoms with Crippen molar-refractivity contribution < 1.29 is 18.3 Å². The molecule has 1 amide bonds. The first kappa shape index (κ1) is 13.1. The summed E-state index contributed by atoms with van der Waals surface area (Å²) in [5, 5.41) is 0. The Kier molecular flexibility index (Phi) is 3.82. The highest BCUT2D eigenvalue weighted by molar-refractivity contribution is 5.91. The highest BCUT2D eigenvalue weighted by atomic mass is 19.1. The van der Waals surface area contributed by atoms with E-state index >= 15 is 0 Å². The van der Waals surface area contributed by atoms with E-state index in [9.17, 15) is 9.18 Å². The van der Waals surface area contributed by atoms with Gasteiger partial charge in [0.2, 0.25) is 0 Å². The Morgan fingerprint density at radius 3 is 2.74 bits per heavy atom. The standard InChI is InChI=1S/C13H13FN2O3/c1-8-9(6-12(19-8)13(17)16-15)7-18-11-4-2-10(14)3-5-11/h2-6H,7,15H2,1H3,(H,16,17). The molecule has 0 unspecified atom stereocenters. The summed E-state index contributed by atoms with van der Waals surface area (Å²) in [6.07, 6.45) is 0. The average molecular weight is 264 g/mol. The number of halogens is 1. The van der Waals surface area contributed by atoms with Crippen molar-refractivity contribution in [3.8, 4) is 5.75 Å². The molecule has 3 N–H and O–H groups in total. The van der Waals surface area contributed by atoms with Gasteiger partial charge in [0.1, 0.15) is 23.9 Å². The second-order valence-corrected chi connectivity index (χ2v) is 3.91. The molecule has 2 rings (SSSR count). The zero-order valence-corrected chi connectivity index (χ0v) is 10.3. The van der Waals surface area contributed by atoms with Crippen LogP contribution in [-0.2, 0) is 6.61 Å². The maximum absolute atomic E-state index is 12.7. The summed E-state index contributed by atoms with van der Waals surface area (Å²) >= 11 is 0. The van der Waals surface area contributed by atoms with E-state index in [1.165, 1.54) is 24.3 Å². The largest absolute Gasteiger partial charge is 0.489 e. The van der Waals surface area contributed by atoms with Crippen LogP contribution in [0.3, 0.4) is 0 Å². The molecule has 2 aromatic rings. The van der Waals surface area contributed by atoms with Crippen molar-refractivity contribution in [2.24, 2.45) is 5.84 Å². The average Bonchev–Trinajstić information content (AvgIpc) is 2.79. The molecule has 0 atom stereocenters. The number of rotatable bonds is 4. The predicted octanol–water partition coefficient (Wildman–Crippen LogP) is 1.91. The lowest BCUT2D eigenvalue weighted by molar-refractivity contribution is 0.0924. The topological polar surface area (TPSA) is 77.5 Å². The van der Waals surface area contributed by atoms with Crippen LogP contribution in [-0.4, -0.2) is 5.91 Å². The first-order valence-corrected chi connectivity index (χ1v) is 5.59. The molecular weight excluding hydrogens is 251 g/mol.